The van der Waals surface area contributed by atoms with Crippen molar-refractivity contribution < 1.29 is 0 Å². The summed E-state index contributed by atoms with van der Waals surface area (Å²) in [5, 5.41) is 0. The van der Waals surface area contributed by atoms with Crippen molar-refractivity contribution in [2.45, 2.75) is 134 Å². The lowest BCUT2D eigenvalue weighted by Gasteiger charge is -1.97. The van der Waals surface area contributed by atoms with E-state index in [9.17, 15) is 0 Å². The number of hydrogen-bond donors (Lipinski definition) is 0. The van der Waals surface area contributed by atoms with Gasteiger partial charge in [-0.3, -0.25) is 0 Å². The molecule has 0 fully saturated rings. The van der Waals surface area contributed by atoms with Crippen molar-refractivity contribution in [1.82, 2.24) is 0 Å². The summed E-state index contributed by atoms with van der Waals surface area (Å²) in [4.78, 5) is 0. The molecule has 0 N–H and O–H groups in total. The molecule has 0 heteroatoms. The Balaban J connectivity index is -0.0000000474. The van der Waals surface area contributed by atoms with E-state index in [1.54, 1.807) is 0 Å². The molecule has 0 amide bonds. The summed E-state index contributed by atoms with van der Waals surface area (Å²) in [6, 6.07) is 0. The molecule has 0 atom stereocenters. The third-order valence-electron chi connectivity index (χ3n) is 2.04. The molecule has 2 rings (SSSR count). The van der Waals surface area contributed by atoms with Gasteiger partial charge in [-0.25, -0.2) is 0 Å². The van der Waals surface area contributed by atoms with Gasteiger partial charge in [0, 0.05) is 0 Å². The van der Waals surface area contributed by atoms with Crippen LogP contribution in [0.1, 0.15) is 134 Å². The quantitative estimate of drug-likeness (QED) is 0.372. The highest BCUT2D eigenvalue weighted by Crippen LogP contribution is 2.07. The molecule has 26 heavy (non-hydrogen) atoms. The fourth-order valence-corrected chi connectivity index (χ4v) is 1.30. The molecular formula is C26H58. The van der Waals surface area contributed by atoms with Crippen LogP contribution in [0.2, 0.25) is 0 Å². The van der Waals surface area contributed by atoms with Crippen molar-refractivity contribution in [3.8, 4) is 0 Å². The standard InChI is InChI=1S/C6H10.C6H8.4C3H8.2CH4/c2*1-2-4-6-5-3-1;4*1-3-2;;/h1-2H,3-6H2;1-4H,5-6H2;4*3H2,1-2H3;2*1H4. The second-order valence-electron chi connectivity index (χ2n) is 6.02. The minimum absolute atomic E-state index is 0. The topological polar surface area (TPSA) is 0 Å². The summed E-state index contributed by atoms with van der Waals surface area (Å²) in [7, 11) is 0. The Morgan fingerprint density at radius 3 is 0.731 bits per heavy atom. The Morgan fingerprint density at radius 1 is 0.423 bits per heavy atom. The van der Waals surface area contributed by atoms with Crippen LogP contribution in [-0.2, 0) is 0 Å². The summed E-state index contributed by atoms with van der Waals surface area (Å²) < 4.78 is 0. The lowest BCUT2D eigenvalue weighted by atomic mass is 10.1. The molecule has 0 saturated heterocycles. The van der Waals surface area contributed by atoms with Gasteiger partial charge in [-0.2, -0.15) is 0 Å². The van der Waals surface area contributed by atoms with Crippen LogP contribution in [0.4, 0.5) is 0 Å². The Kier molecular flexibility index (Phi) is 86.8. The molecule has 0 aromatic heterocycles. The molecule has 0 aromatic rings. The lowest BCUT2D eigenvalue weighted by Crippen LogP contribution is -1.77. The second kappa shape index (κ2) is 56.4. The number of hydrogen-bond acceptors (Lipinski definition) is 0. The zero-order valence-corrected chi connectivity index (χ0v) is 18.5. The lowest BCUT2D eigenvalue weighted by molar-refractivity contribution is 0.730. The van der Waals surface area contributed by atoms with Crippen molar-refractivity contribution in [1.29, 1.82) is 0 Å². The van der Waals surface area contributed by atoms with E-state index in [4.69, 9.17) is 0 Å². The van der Waals surface area contributed by atoms with Gasteiger partial charge in [0.25, 0.3) is 0 Å². The van der Waals surface area contributed by atoms with Crippen LogP contribution < -0.4 is 0 Å². The Labute approximate surface area is 171 Å². The van der Waals surface area contributed by atoms with Gasteiger partial charge in [0.2, 0.25) is 0 Å². The van der Waals surface area contributed by atoms with Gasteiger partial charge < -0.3 is 0 Å². The first-order valence-electron chi connectivity index (χ1n) is 10.6. The van der Waals surface area contributed by atoms with Crippen molar-refractivity contribution >= 4 is 0 Å². The SMILES string of the molecule is C.C.C1=CCCC=C1.C1=CCCCC1.CCC.CCC.CCC.CCC. The zero-order chi connectivity index (χ0) is 19.3. The number of allylic oxidation sites excluding steroid dienone is 6. The first kappa shape index (κ1) is 40.0. The van der Waals surface area contributed by atoms with Crippen LogP contribution in [0.15, 0.2) is 36.5 Å². The van der Waals surface area contributed by atoms with Gasteiger partial charge in [0.15, 0.2) is 0 Å². The molecule has 0 heterocycles. The third-order valence-corrected chi connectivity index (χ3v) is 2.04. The summed E-state index contributed by atoms with van der Waals surface area (Å²) in [6.45, 7) is 17.0. The molecule has 0 spiro atoms. The third kappa shape index (κ3) is 91.1. The van der Waals surface area contributed by atoms with Gasteiger partial charge in [0.05, 0.1) is 0 Å². The zero-order valence-electron chi connectivity index (χ0n) is 18.5. The highest BCUT2D eigenvalue weighted by molar-refractivity contribution is 5.07. The van der Waals surface area contributed by atoms with Gasteiger partial charge in [0.1, 0.15) is 0 Å². The molecule has 0 radical (unpaired) electrons. The maximum absolute atomic E-state index is 2.27. The van der Waals surface area contributed by atoms with Crippen molar-refractivity contribution in [2.75, 3.05) is 0 Å². The van der Waals surface area contributed by atoms with Crippen LogP contribution in [0.5, 0.6) is 0 Å². The minimum Gasteiger partial charge on any atom is -0.0885 e. The summed E-state index contributed by atoms with van der Waals surface area (Å²) in [6.07, 6.45) is 26.0. The predicted molar refractivity (Wildman–Crippen MR) is 132 cm³/mol. The van der Waals surface area contributed by atoms with E-state index >= 15 is 0 Å². The number of rotatable bonds is 0. The fourth-order valence-electron chi connectivity index (χ4n) is 1.30. The molecule has 0 bridgehead atoms. The average Bonchev–Trinajstić information content (AvgIpc) is 2.61. The fraction of sp³-hybridized carbons (Fsp3) is 0.769. The van der Waals surface area contributed by atoms with E-state index in [2.05, 4.69) is 91.8 Å². The van der Waals surface area contributed by atoms with Crippen LogP contribution in [0, 0.1) is 0 Å². The van der Waals surface area contributed by atoms with E-state index in [1.807, 2.05) is 0 Å². The molecule has 2 aliphatic rings. The van der Waals surface area contributed by atoms with Crippen LogP contribution in [0.25, 0.3) is 0 Å². The summed E-state index contributed by atoms with van der Waals surface area (Å²) in [5.74, 6) is 0. The molecular weight excluding hydrogens is 312 g/mol. The van der Waals surface area contributed by atoms with Crippen LogP contribution in [0.3, 0.4) is 0 Å². The van der Waals surface area contributed by atoms with Gasteiger partial charge >= 0.3 is 0 Å². The van der Waals surface area contributed by atoms with Crippen LogP contribution in [-0.4, -0.2) is 0 Å². The van der Waals surface area contributed by atoms with Crippen LogP contribution >= 0.6 is 0 Å². The Hall–Kier alpha value is -0.780. The normalized spacial score (nSPS) is 12.0. The van der Waals surface area contributed by atoms with E-state index in [0.717, 1.165) is 0 Å². The highest BCUT2D eigenvalue weighted by Gasteiger charge is 1.87. The van der Waals surface area contributed by atoms with E-state index < -0.39 is 0 Å². The highest BCUT2D eigenvalue weighted by atomic mass is 13.9. The summed E-state index contributed by atoms with van der Waals surface area (Å²) >= 11 is 0. The Bertz CT molecular complexity index is 192. The van der Waals surface area contributed by atoms with Crippen molar-refractivity contribution in [3.05, 3.63) is 36.5 Å². The molecule has 0 unspecified atom stereocenters. The maximum Gasteiger partial charge on any atom is -0.0313 e. The van der Waals surface area contributed by atoms with Gasteiger partial charge in [-0.05, 0) is 38.5 Å². The smallest absolute Gasteiger partial charge is 0.0313 e. The van der Waals surface area contributed by atoms with E-state index in [1.165, 1.54) is 64.2 Å². The first-order valence-corrected chi connectivity index (χ1v) is 10.6. The molecule has 0 aliphatic heterocycles. The largest absolute Gasteiger partial charge is 0.0885 e. The second-order valence-corrected chi connectivity index (χ2v) is 6.02. The van der Waals surface area contributed by atoms with Gasteiger partial charge in [-0.1, -0.05) is 132 Å². The monoisotopic (exact) mass is 370 g/mol. The average molecular weight is 371 g/mol. The Morgan fingerprint density at radius 2 is 0.654 bits per heavy atom. The van der Waals surface area contributed by atoms with E-state index in [-0.39, 0.29) is 14.9 Å². The molecule has 0 aromatic carbocycles. The van der Waals surface area contributed by atoms with Gasteiger partial charge in [-0.15, -0.1) is 0 Å². The first-order chi connectivity index (χ1) is 11.7. The van der Waals surface area contributed by atoms with E-state index in [0.29, 0.717) is 0 Å². The maximum atomic E-state index is 2.27. The summed E-state index contributed by atoms with van der Waals surface area (Å²) in [5.41, 5.74) is 0. The predicted octanol–water partition coefficient (Wildman–Crippen LogP) is 10.9. The van der Waals surface area contributed by atoms with Crippen molar-refractivity contribution in [3.63, 3.8) is 0 Å². The minimum atomic E-state index is 0. The molecule has 0 saturated carbocycles. The molecule has 162 valence electrons. The molecule has 2 aliphatic carbocycles. The molecule has 0 nitrogen and oxygen atoms in total. The van der Waals surface area contributed by atoms with Crippen molar-refractivity contribution in [2.24, 2.45) is 0 Å².